The van der Waals surface area contributed by atoms with Gasteiger partial charge in [-0.3, -0.25) is 9.80 Å². The number of likely N-dealkylation sites (N-methyl/N-ethyl adjacent to an activating group) is 1. The first kappa shape index (κ1) is 14.0. The lowest BCUT2D eigenvalue weighted by Crippen LogP contribution is -2.50. The van der Waals surface area contributed by atoms with Crippen LogP contribution in [0.5, 0.6) is 0 Å². The first-order valence-corrected chi connectivity index (χ1v) is 7.68. The summed E-state index contributed by atoms with van der Waals surface area (Å²) in [6.45, 7) is 9.35. The van der Waals surface area contributed by atoms with E-state index in [1.54, 1.807) is 0 Å². The molecule has 3 rings (SSSR count). The molecule has 2 saturated heterocycles. The summed E-state index contributed by atoms with van der Waals surface area (Å²) >= 11 is 0. The second-order valence-corrected chi connectivity index (χ2v) is 6.87. The van der Waals surface area contributed by atoms with Crippen molar-refractivity contribution in [1.82, 2.24) is 24.7 Å². The fraction of sp³-hybridized carbons (Fsp3) is 0.800. The minimum Gasteiger partial charge on any atom is -0.337 e. The van der Waals surface area contributed by atoms with E-state index in [1.807, 2.05) is 12.4 Å². The number of aromatic nitrogens is 2. The molecule has 0 saturated carbocycles. The molecule has 0 amide bonds. The van der Waals surface area contributed by atoms with E-state index in [-0.39, 0.29) is 0 Å². The molecule has 2 aliphatic rings. The van der Waals surface area contributed by atoms with Crippen molar-refractivity contribution < 1.29 is 0 Å². The van der Waals surface area contributed by atoms with Gasteiger partial charge in [-0.05, 0) is 25.4 Å². The molecule has 1 N–H and O–H groups in total. The minimum absolute atomic E-state index is 0.418. The summed E-state index contributed by atoms with van der Waals surface area (Å²) in [5.41, 5.74) is 0.447. The Morgan fingerprint density at radius 3 is 2.90 bits per heavy atom. The molecular weight excluding hydrogens is 250 g/mol. The fourth-order valence-corrected chi connectivity index (χ4v) is 3.59. The van der Waals surface area contributed by atoms with Gasteiger partial charge in [0.2, 0.25) is 0 Å². The third kappa shape index (κ3) is 2.75. The summed E-state index contributed by atoms with van der Waals surface area (Å²) in [6.07, 6.45) is 5.25. The molecule has 2 unspecified atom stereocenters. The van der Waals surface area contributed by atoms with Crippen LogP contribution in [0.15, 0.2) is 12.4 Å². The lowest BCUT2D eigenvalue weighted by atomic mass is 9.88. The summed E-state index contributed by atoms with van der Waals surface area (Å²) in [7, 11) is 4.31. The van der Waals surface area contributed by atoms with E-state index in [0.29, 0.717) is 11.5 Å². The van der Waals surface area contributed by atoms with Crippen LogP contribution in [0.3, 0.4) is 0 Å². The van der Waals surface area contributed by atoms with Gasteiger partial charge >= 0.3 is 0 Å². The maximum Gasteiger partial charge on any atom is 0.127 e. The Hall–Kier alpha value is -0.910. The highest BCUT2D eigenvalue weighted by Crippen LogP contribution is 2.29. The Labute approximate surface area is 122 Å². The lowest BCUT2D eigenvalue weighted by Gasteiger charge is -2.42. The quantitative estimate of drug-likeness (QED) is 0.883. The van der Waals surface area contributed by atoms with Crippen LogP contribution >= 0.6 is 0 Å². The van der Waals surface area contributed by atoms with E-state index in [9.17, 15) is 0 Å². The summed E-state index contributed by atoms with van der Waals surface area (Å²) in [5.74, 6) is 1.19. The highest BCUT2D eigenvalue weighted by atomic mass is 15.3. The zero-order valence-electron chi connectivity index (χ0n) is 13.0. The van der Waals surface area contributed by atoms with Gasteiger partial charge in [-0.15, -0.1) is 0 Å². The molecule has 0 spiro atoms. The number of hydrogen-bond acceptors (Lipinski definition) is 4. The fourth-order valence-electron chi connectivity index (χ4n) is 3.59. The smallest absolute Gasteiger partial charge is 0.127 e. The van der Waals surface area contributed by atoms with E-state index in [1.165, 1.54) is 31.9 Å². The van der Waals surface area contributed by atoms with Crippen molar-refractivity contribution >= 4 is 0 Å². The van der Waals surface area contributed by atoms with Gasteiger partial charge in [-0.25, -0.2) is 4.98 Å². The molecule has 0 aliphatic carbocycles. The third-order valence-corrected chi connectivity index (χ3v) is 4.95. The highest BCUT2D eigenvalue weighted by molar-refractivity contribution is 5.02. The summed E-state index contributed by atoms with van der Waals surface area (Å²) in [6, 6.07) is 0.418. The third-order valence-electron chi connectivity index (χ3n) is 4.95. The Balaban J connectivity index is 1.68. The van der Waals surface area contributed by atoms with Crippen LogP contribution in [-0.4, -0.2) is 65.7 Å². The Morgan fingerprint density at radius 2 is 2.25 bits per heavy atom. The molecule has 2 fully saturated rings. The molecule has 0 aromatic carbocycles. The summed E-state index contributed by atoms with van der Waals surface area (Å²) < 4.78 is 2.16. The predicted octanol–water partition coefficient (Wildman–Crippen LogP) is 0.708. The first-order chi connectivity index (χ1) is 9.57. The van der Waals surface area contributed by atoms with E-state index >= 15 is 0 Å². The zero-order chi connectivity index (χ0) is 14.2. The first-order valence-electron chi connectivity index (χ1n) is 7.68. The number of hydrogen-bond donors (Lipinski definition) is 1. The second-order valence-electron chi connectivity index (χ2n) is 6.87. The van der Waals surface area contributed by atoms with Crippen molar-refractivity contribution in [3.63, 3.8) is 0 Å². The average molecular weight is 277 g/mol. The predicted molar refractivity (Wildman–Crippen MR) is 80.6 cm³/mol. The molecule has 2 atom stereocenters. The maximum atomic E-state index is 4.56. The lowest BCUT2D eigenvalue weighted by molar-refractivity contribution is 0.0626. The summed E-state index contributed by atoms with van der Waals surface area (Å²) in [5, 5.41) is 3.51. The number of rotatable bonds is 3. The van der Waals surface area contributed by atoms with Crippen molar-refractivity contribution in [2.45, 2.75) is 19.4 Å². The van der Waals surface area contributed by atoms with Crippen LogP contribution in [0.4, 0.5) is 0 Å². The standard InChI is InChI=1S/C15H27N5/c1-15(4-5-16-11-15)12-20-9-8-18(2)13(10-20)14-17-6-7-19(14)3/h6-7,13,16H,4-5,8-12H2,1-3H3. The van der Waals surface area contributed by atoms with Crippen molar-refractivity contribution in [3.8, 4) is 0 Å². The largest absolute Gasteiger partial charge is 0.337 e. The van der Waals surface area contributed by atoms with Gasteiger partial charge in [0, 0.05) is 52.2 Å². The molecule has 2 aliphatic heterocycles. The molecule has 1 aromatic heterocycles. The van der Waals surface area contributed by atoms with Gasteiger partial charge in [-0.2, -0.15) is 0 Å². The SMILES string of the molecule is CN1CCN(CC2(C)CCNC2)CC1c1nccn1C. The van der Waals surface area contributed by atoms with Gasteiger partial charge in [0.05, 0.1) is 6.04 Å². The van der Waals surface area contributed by atoms with Crippen LogP contribution in [-0.2, 0) is 7.05 Å². The number of piperazine rings is 1. The van der Waals surface area contributed by atoms with Gasteiger partial charge in [-0.1, -0.05) is 6.92 Å². The van der Waals surface area contributed by atoms with E-state index in [2.05, 4.69) is 45.7 Å². The number of imidazole rings is 1. The van der Waals surface area contributed by atoms with Crippen LogP contribution in [0, 0.1) is 5.41 Å². The van der Waals surface area contributed by atoms with Gasteiger partial charge in [0.15, 0.2) is 0 Å². The summed E-state index contributed by atoms with van der Waals surface area (Å²) in [4.78, 5) is 9.63. The molecule has 1 aromatic rings. The topological polar surface area (TPSA) is 36.3 Å². The Bertz CT molecular complexity index is 449. The zero-order valence-corrected chi connectivity index (χ0v) is 13.0. The average Bonchev–Trinajstić information content (AvgIpc) is 3.01. The second kappa shape index (κ2) is 5.47. The van der Waals surface area contributed by atoms with Crippen molar-refractivity contribution in [3.05, 3.63) is 18.2 Å². The Morgan fingerprint density at radius 1 is 1.40 bits per heavy atom. The van der Waals surface area contributed by atoms with Crippen molar-refractivity contribution in [2.75, 3.05) is 46.3 Å². The molecule has 0 bridgehead atoms. The normalized spacial score (nSPS) is 32.9. The minimum atomic E-state index is 0.418. The van der Waals surface area contributed by atoms with E-state index in [0.717, 1.165) is 19.6 Å². The highest BCUT2D eigenvalue weighted by Gasteiger charge is 2.34. The molecular formula is C15H27N5. The van der Waals surface area contributed by atoms with Crippen LogP contribution in [0.25, 0.3) is 0 Å². The molecule has 5 heteroatoms. The van der Waals surface area contributed by atoms with Crippen LogP contribution < -0.4 is 5.32 Å². The number of nitrogens with one attached hydrogen (secondary N) is 1. The van der Waals surface area contributed by atoms with E-state index in [4.69, 9.17) is 0 Å². The molecule has 112 valence electrons. The van der Waals surface area contributed by atoms with Crippen molar-refractivity contribution in [2.24, 2.45) is 12.5 Å². The Kier molecular flexibility index (Phi) is 3.84. The van der Waals surface area contributed by atoms with Gasteiger partial charge in [0.25, 0.3) is 0 Å². The molecule has 20 heavy (non-hydrogen) atoms. The molecule has 0 radical (unpaired) electrons. The monoisotopic (exact) mass is 277 g/mol. The van der Waals surface area contributed by atoms with Gasteiger partial charge < -0.3 is 9.88 Å². The van der Waals surface area contributed by atoms with Crippen LogP contribution in [0.1, 0.15) is 25.2 Å². The van der Waals surface area contributed by atoms with Gasteiger partial charge in [0.1, 0.15) is 5.82 Å². The van der Waals surface area contributed by atoms with Crippen LogP contribution in [0.2, 0.25) is 0 Å². The molecule has 5 nitrogen and oxygen atoms in total. The maximum absolute atomic E-state index is 4.56. The number of aryl methyl sites for hydroxylation is 1. The van der Waals surface area contributed by atoms with Crippen molar-refractivity contribution in [1.29, 1.82) is 0 Å². The van der Waals surface area contributed by atoms with E-state index < -0.39 is 0 Å². The molecule has 3 heterocycles. The number of nitrogens with zero attached hydrogens (tertiary/aromatic N) is 4.